The molecule has 3 heterocycles. The van der Waals surface area contributed by atoms with Crippen LogP contribution in [0.15, 0.2) is 29.4 Å². The van der Waals surface area contributed by atoms with Crippen LogP contribution in [0.25, 0.3) is 16.6 Å². The van der Waals surface area contributed by atoms with E-state index in [9.17, 15) is 4.79 Å². The van der Waals surface area contributed by atoms with E-state index >= 15 is 0 Å². The van der Waals surface area contributed by atoms with Gasteiger partial charge in [0, 0.05) is 23.9 Å². The van der Waals surface area contributed by atoms with Crippen molar-refractivity contribution in [1.29, 1.82) is 0 Å². The van der Waals surface area contributed by atoms with E-state index < -0.39 is 0 Å². The summed E-state index contributed by atoms with van der Waals surface area (Å²) in [7, 11) is 0. The van der Waals surface area contributed by atoms with Crippen molar-refractivity contribution in [1.82, 2.24) is 24.5 Å². The lowest BCUT2D eigenvalue weighted by Gasteiger charge is -2.35. The molecule has 1 atom stereocenters. The third-order valence-corrected chi connectivity index (χ3v) is 6.42. The second-order valence-corrected chi connectivity index (χ2v) is 8.66. The van der Waals surface area contributed by atoms with Crippen LogP contribution in [-0.2, 0) is 4.79 Å². The number of thioether (sulfide) groups is 1. The second kappa shape index (κ2) is 8.07. The van der Waals surface area contributed by atoms with Gasteiger partial charge in [-0.25, -0.2) is 4.98 Å². The Morgan fingerprint density at radius 2 is 2.07 bits per heavy atom. The monoisotopic (exact) mass is 397 g/mol. The van der Waals surface area contributed by atoms with E-state index in [4.69, 9.17) is 4.98 Å². The molecule has 7 heteroatoms. The summed E-state index contributed by atoms with van der Waals surface area (Å²) in [6, 6.07) is 8.39. The number of carbonyl (C=O) groups is 1. The Balaban J connectivity index is 1.64. The molecule has 6 nitrogen and oxygen atoms in total. The SMILES string of the molecule is CCC1CCCCN1C(=O)CSc1nnc2c3ccccc3nc(C(C)C)n12. The average Bonchev–Trinajstić information content (AvgIpc) is 3.15. The van der Waals surface area contributed by atoms with Crippen LogP contribution < -0.4 is 0 Å². The van der Waals surface area contributed by atoms with E-state index in [0.29, 0.717) is 11.8 Å². The van der Waals surface area contributed by atoms with Crippen molar-refractivity contribution in [3.8, 4) is 0 Å². The molecule has 1 fully saturated rings. The standard InChI is InChI=1S/C21H27N5OS/c1-4-15-9-7-8-12-25(15)18(27)13-28-21-24-23-20-16-10-5-6-11-17(16)22-19(14(2)3)26(20)21/h5-6,10-11,14-15H,4,7-9,12-13H2,1-3H3. The largest absolute Gasteiger partial charge is 0.339 e. The first-order valence-electron chi connectivity index (χ1n) is 10.2. The lowest BCUT2D eigenvalue weighted by molar-refractivity contribution is -0.132. The van der Waals surface area contributed by atoms with Gasteiger partial charge in [-0.3, -0.25) is 9.20 Å². The summed E-state index contributed by atoms with van der Waals surface area (Å²) in [5, 5.41) is 10.6. The lowest BCUT2D eigenvalue weighted by atomic mass is 10.0. The molecule has 1 saturated heterocycles. The summed E-state index contributed by atoms with van der Waals surface area (Å²) in [4.78, 5) is 19.8. The number of amides is 1. The van der Waals surface area contributed by atoms with Crippen LogP contribution in [0.2, 0.25) is 0 Å². The molecule has 1 unspecified atom stereocenters. The molecule has 0 bridgehead atoms. The molecular formula is C21H27N5OS. The number of rotatable bonds is 5. The number of piperidine rings is 1. The van der Waals surface area contributed by atoms with Crippen LogP contribution >= 0.6 is 11.8 Å². The summed E-state index contributed by atoms with van der Waals surface area (Å²) in [5.41, 5.74) is 1.74. The Kier molecular flexibility index (Phi) is 5.53. The van der Waals surface area contributed by atoms with Gasteiger partial charge in [0.05, 0.1) is 11.3 Å². The summed E-state index contributed by atoms with van der Waals surface area (Å²) >= 11 is 1.47. The van der Waals surface area contributed by atoms with E-state index in [-0.39, 0.29) is 11.8 Å². The zero-order valence-corrected chi connectivity index (χ0v) is 17.6. The molecule has 1 amide bonds. The van der Waals surface area contributed by atoms with Gasteiger partial charge < -0.3 is 4.90 Å². The van der Waals surface area contributed by atoms with Gasteiger partial charge >= 0.3 is 0 Å². The number of benzene rings is 1. The zero-order valence-electron chi connectivity index (χ0n) is 16.8. The number of hydrogen-bond donors (Lipinski definition) is 0. The van der Waals surface area contributed by atoms with Gasteiger partial charge in [0.25, 0.3) is 0 Å². The minimum atomic E-state index is 0.202. The van der Waals surface area contributed by atoms with Gasteiger partial charge in [-0.05, 0) is 37.8 Å². The molecule has 28 heavy (non-hydrogen) atoms. The zero-order chi connectivity index (χ0) is 19.7. The maximum absolute atomic E-state index is 12.9. The topological polar surface area (TPSA) is 63.4 Å². The van der Waals surface area contributed by atoms with Crippen molar-refractivity contribution < 1.29 is 4.79 Å². The predicted octanol–water partition coefficient (Wildman–Crippen LogP) is 4.28. The highest BCUT2D eigenvalue weighted by Gasteiger charge is 2.26. The number of hydrogen-bond acceptors (Lipinski definition) is 5. The fourth-order valence-corrected chi connectivity index (χ4v) is 4.85. The van der Waals surface area contributed by atoms with E-state index in [2.05, 4.69) is 35.9 Å². The number of aromatic nitrogens is 4. The Bertz CT molecular complexity index is 999. The smallest absolute Gasteiger partial charge is 0.233 e. The van der Waals surface area contributed by atoms with Gasteiger partial charge in [-0.15, -0.1) is 10.2 Å². The predicted molar refractivity (Wildman–Crippen MR) is 113 cm³/mol. The van der Waals surface area contributed by atoms with Crippen molar-refractivity contribution in [2.75, 3.05) is 12.3 Å². The van der Waals surface area contributed by atoms with Crippen LogP contribution in [0.1, 0.15) is 58.2 Å². The highest BCUT2D eigenvalue weighted by molar-refractivity contribution is 7.99. The summed E-state index contributed by atoms with van der Waals surface area (Å²) < 4.78 is 2.03. The fraction of sp³-hybridized carbons (Fsp3) is 0.524. The van der Waals surface area contributed by atoms with Crippen molar-refractivity contribution in [3.05, 3.63) is 30.1 Å². The maximum Gasteiger partial charge on any atom is 0.233 e. The Labute approximate surface area is 169 Å². The third-order valence-electron chi connectivity index (χ3n) is 5.50. The van der Waals surface area contributed by atoms with Gasteiger partial charge in [0.1, 0.15) is 5.82 Å². The lowest BCUT2D eigenvalue weighted by Crippen LogP contribution is -2.44. The number of carbonyl (C=O) groups excluding carboxylic acids is 1. The maximum atomic E-state index is 12.9. The van der Waals surface area contributed by atoms with E-state index in [1.807, 2.05) is 28.7 Å². The molecule has 0 radical (unpaired) electrons. The summed E-state index contributed by atoms with van der Waals surface area (Å²) in [5.74, 6) is 1.75. The fourth-order valence-electron chi connectivity index (χ4n) is 4.03. The highest BCUT2D eigenvalue weighted by Crippen LogP contribution is 2.28. The van der Waals surface area contributed by atoms with E-state index in [1.165, 1.54) is 18.2 Å². The number of fused-ring (bicyclic) bond motifs is 3. The molecule has 0 N–H and O–H groups in total. The molecule has 1 aromatic carbocycles. The van der Waals surface area contributed by atoms with Crippen LogP contribution in [0, 0.1) is 0 Å². The number of nitrogens with zero attached hydrogens (tertiary/aromatic N) is 5. The molecule has 2 aromatic heterocycles. The van der Waals surface area contributed by atoms with Gasteiger partial charge in [-0.2, -0.15) is 0 Å². The van der Waals surface area contributed by atoms with Crippen LogP contribution in [-0.4, -0.2) is 48.7 Å². The Hall–Kier alpha value is -2.15. The third kappa shape index (κ3) is 3.48. The molecular weight excluding hydrogens is 370 g/mol. The van der Waals surface area contributed by atoms with Crippen LogP contribution in [0.5, 0.6) is 0 Å². The van der Waals surface area contributed by atoms with Crippen molar-refractivity contribution >= 4 is 34.2 Å². The molecule has 0 saturated carbocycles. The van der Waals surface area contributed by atoms with Crippen molar-refractivity contribution in [3.63, 3.8) is 0 Å². The quantitative estimate of drug-likeness (QED) is 0.601. The van der Waals surface area contributed by atoms with E-state index in [1.54, 1.807) is 0 Å². The minimum Gasteiger partial charge on any atom is -0.339 e. The molecule has 1 aliphatic heterocycles. The average molecular weight is 398 g/mol. The Morgan fingerprint density at radius 3 is 2.86 bits per heavy atom. The first-order chi connectivity index (χ1) is 13.6. The van der Waals surface area contributed by atoms with Crippen molar-refractivity contribution in [2.45, 2.75) is 63.6 Å². The van der Waals surface area contributed by atoms with Crippen LogP contribution in [0.4, 0.5) is 0 Å². The normalized spacial score (nSPS) is 17.7. The molecule has 3 aromatic rings. The summed E-state index contributed by atoms with van der Waals surface area (Å²) in [6.07, 6.45) is 4.47. The summed E-state index contributed by atoms with van der Waals surface area (Å²) in [6.45, 7) is 7.29. The highest BCUT2D eigenvalue weighted by atomic mass is 32.2. The molecule has 148 valence electrons. The minimum absolute atomic E-state index is 0.202. The van der Waals surface area contributed by atoms with Crippen molar-refractivity contribution in [2.24, 2.45) is 0 Å². The Morgan fingerprint density at radius 1 is 1.25 bits per heavy atom. The molecule has 1 aliphatic rings. The second-order valence-electron chi connectivity index (χ2n) is 7.72. The number of likely N-dealkylation sites (tertiary alicyclic amines) is 1. The van der Waals surface area contributed by atoms with Gasteiger partial charge in [0.15, 0.2) is 10.8 Å². The first kappa shape index (κ1) is 19.2. The molecule has 4 rings (SSSR count). The first-order valence-corrected chi connectivity index (χ1v) is 11.1. The van der Waals surface area contributed by atoms with Gasteiger partial charge in [0.2, 0.25) is 5.91 Å². The van der Waals surface area contributed by atoms with E-state index in [0.717, 1.165) is 53.3 Å². The van der Waals surface area contributed by atoms with Crippen LogP contribution in [0.3, 0.4) is 0 Å². The van der Waals surface area contributed by atoms with Gasteiger partial charge in [-0.1, -0.05) is 44.7 Å². The molecule has 0 aliphatic carbocycles. The number of para-hydroxylation sites is 1. The molecule has 0 spiro atoms.